The Morgan fingerprint density at radius 3 is 2.59 bits per heavy atom. The number of hydrogen-bond donors (Lipinski definition) is 1. The standard InChI is InChI=1S/C19H22BrNO/c1-3-4-10-19(22)21-18-12-11-16(20)13-17(18)14(2)15-8-6-5-7-9-15/h5-9,11-14H,3-4,10H2,1-2H3,(H,21,22). The molecule has 3 heteroatoms. The first-order valence-electron chi connectivity index (χ1n) is 7.76. The Hall–Kier alpha value is -1.61. The number of halogens is 1. The van der Waals surface area contributed by atoms with Crippen molar-refractivity contribution in [3.63, 3.8) is 0 Å². The van der Waals surface area contributed by atoms with Gasteiger partial charge < -0.3 is 5.32 Å². The van der Waals surface area contributed by atoms with Crippen LogP contribution in [0.25, 0.3) is 0 Å². The summed E-state index contributed by atoms with van der Waals surface area (Å²) in [7, 11) is 0. The van der Waals surface area contributed by atoms with E-state index in [2.05, 4.69) is 53.3 Å². The first-order valence-corrected chi connectivity index (χ1v) is 8.55. The van der Waals surface area contributed by atoms with Crippen molar-refractivity contribution in [2.45, 2.75) is 39.0 Å². The molecule has 2 aromatic rings. The Labute approximate surface area is 141 Å². The lowest BCUT2D eigenvalue weighted by atomic mass is 9.92. The Kier molecular flexibility index (Phi) is 6.20. The van der Waals surface area contributed by atoms with Crippen LogP contribution in [0.1, 0.15) is 50.2 Å². The van der Waals surface area contributed by atoms with Crippen LogP contribution in [0.2, 0.25) is 0 Å². The Bertz CT molecular complexity index is 625. The molecule has 0 aliphatic heterocycles. The monoisotopic (exact) mass is 359 g/mol. The third-order valence-electron chi connectivity index (χ3n) is 3.81. The predicted molar refractivity (Wildman–Crippen MR) is 96.3 cm³/mol. The summed E-state index contributed by atoms with van der Waals surface area (Å²) in [5, 5.41) is 3.06. The molecule has 2 rings (SSSR count). The first kappa shape index (κ1) is 16.8. The van der Waals surface area contributed by atoms with Crippen LogP contribution in [0.5, 0.6) is 0 Å². The van der Waals surface area contributed by atoms with E-state index in [-0.39, 0.29) is 11.8 Å². The molecule has 0 spiro atoms. The van der Waals surface area contributed by atoms with Gasteiger partial charge in [-0.2, -0.15) is 0 Å². The number of nitrogens with one attached hydrogen (secondary N) is 1. The summed E-state index contributed by atoms with van der Waals surface area (Å²) in [4.78, 5) is 12.0. The lowest BCUT2D eigenvalue weighted by Gasteiger charge is -2.18. The summed E-state index contributed by atoms with van der Waals surface area (Å²) in [6.45, 7) is 4.26. The highest BCUT2D eigenvalue weighted by atomic mass is 79.9. The van der Waals surface area contributed by atoms with E-state index >= 15 is 0 Å². The predicted octanol–water partition coefficient (Wildman–Crippen LogP) is 5.73. The van der Waals surface area contributed by atoms with Gasteiger partial charge in [-0.15, -0.1) is 0 Å². The lowest BCUT2D eigenvalue weighted by Crippen LogP contribution is -2.13. The molecule has 0 bridgehead atoms. The van der Waals surface area contributed by atoms with Crippen molar-refractivity contribution >= 4 is 27.5 Å². The molecule has 0 radical (unpaired) electrons. The average molecular weight is 360 g/mol. The second kappa shape index (κ2) is 8.14. The molecule has 0 aromatic heterocycles. The van der Waals surface area contributed by atoms with Gasteiger partial charge in [0.25, 0.3) is 0 Å². The maximum atomic E-state index is 12.0. The molecule has 116 valence electrons. The van der Waals surface area contributed by atoms with Crippen molar-refractivity contribution < 1.29 is 4.79 Å². The van der Waals surface area contributed by atoms with Crippen LogP contribution in [-0.2, 0) is 4.79 Å². The van der Waals surface area contributed by atoms with E-state index in [0.717, 1.165) is 28.6 Å². The minimum atomic E-state index is 0.0886. The van der Waals surface area contributed by atoms with E-state index in [9.17, 15) is 4.79 Å². The summed E-state index contributed by atoms with van der Waals surface area (Å²) < 4.78 is 1.02. The Morgan fingerprint density at radius 1 is 1.18 bits per heavy atom. The molecular formula is C19H22BrNO. The van der Waals surface area contributed by atoms with Gasteiger partial charge in [-0.1, -0.05) is 66.5 Å². The first-order chi connectivity index (χ1) is 10.6. The molecule has 0 saturated carbocycles. The van der Waals surface area contributed by atoms with Gasteiger partial charge >= 0.3 is 0 Å². The molecule has 0 aliphatic rings. The van der Waals surface area contributed by atoms with Gasteiger partial charge in [0.2, 0.25) is 5.91 Å². The van der Waals surface area contributed by atoms with Gasteiger partial charge in [-0.3, -0.25) is 4.79 Å². The number of hydrogen-bond acceptors (Lipinski definition) is 1. The summed E-state index contributed by atoms with van der Waals surface area (Å²) in [5.41, 5.74) is 3.27. The van der Waals surface area contributed by atoms with Gasteiger partial charge in [0, 0.05) is 22.5 Å². The van der Waals surface area contributed by atoms with E-state index < -0.39 is 0 Å². The minimum Gasteiger partial charge on any atom is -0.326 e. The van der Waals surface area contributed by atoms with Crippen LogP contribution >= 0.6 is 15.9 Å². The topological polar surface area (TPSA) is 29.1 Å². The third-order valence-corrected chi connectivity index (χ3v) is 4.30. The second-order valence-electron chi connectivity index (χ2n) is 5.52. The minimum absolute atomic E-state index is 0.0886. The van der Waals surface area contributed by atoms with E-state index in [1.165, 1.54) is 5.56 Å². The smallest absolute Gasteiger partial charge is 0.224 e. The van der Waals surface area contributed by atoms with E-state index in [1.54, 1.807) is 0 Å². The van der Waals surface area contributed by atoms with Gasteiger partial charge in [-0.05, 0) is 35.7 Å². The van der Waals surface area contributed by atoms with Crippen LogP contribution in [-0.4, -0.2) is 5.91 Å². The molecule has 0 saturated heterocycles. The Morgan fingerprint density at radius 2 is 1.91 bits per heavy atom. The molecule has 1 N–H and O–H groups in total. The van der Waals surface area contributed by atoms with Crippen LogP contribution in [0.4, 0.5) is 5.69 Å². The summed E-state index contributed by atoms with van der Waals surface area (Å²) in [6.07, 6.45) is 2.53. The zero-order chi connectivity index (χ0) is 15.9. The summed E-state index contributed by atoms with van der Waals surface area (Å²) in [5.74, 6) is 0.311. The van der Waals surface area contributed by atoms with E-state index in [4.69, 9.17) is 0 Å². The largest absolute Gasteiger partial charge is 0.326 e. The zero-order valence-corrected chi connectivity index (χ0v) is 14.7. The van der Waals surface area contributed by atoms with E-state index in [1.807, 2.05) is 30.3 Å². The fourth-order valence-electron chi connectivity index (χ4n) is 2.48. The third kappa shape index (κ3) is 4.44. The zero-order valence-electron chi connectivity index (χ0n) is 13.1. The van der Waals surface area contributed by atoms with Crippen molar-refractivity contribution in [2.75, 3.05) is 5.32 Å². The quantitative estimate of drug-likeness (QED) is 0.700. The second-order valence-corrected chi connectivity index (χ2v) is 6.43. The van der Waals surface area contributed by atoms with Crippen LogP contribution in [0.15, 0.2) is 53.0 Å². The molecule has 1 unspecified atom stereocenters. The maximum Gasteiger partial charge on any atom is 0.224 e. The number of amides is 1. The number of rotatable bonds is 6. The molecule has 0 aliphatic carbocycles. The lowest BCUT2D eigenvalue weighted by molar-refractivity contribution is -0.116. The van der Waals surface area contributed by atoms with Crippen molar-refractivity contribution in [2.24, 2.45) is 0 Å². The fraction of sp³-hybridized carbons (Fsp3) is 0.316. The number of unbranched alkanes of at least 4 members (excludes halogenated alkanes) is 1. The van der Waals surface area contributed by atoms with Crippen molar-refractivity contribution in [1.82, 2.24) is 0 Å². The SMILES string of the molecule is CCCCC(=O)Nc1ccc(Br)cc1C(C)c1ccccc1. The molecule has 0 heterocycles. The van der Waals surface area contributed by atoms with Gasteiger partial charge in [0.15, 0.2) is 0 Å². The van der Waals surface area contributed by atoms with Gasteiger partial charge in [-0.25, -0.2) is 0 Å². The highest BCUT2D eigenvalue weighted by molar-refractivity contribution is 9.10. The molecule has 2 nitrogen and oxygen atoms in total. The Balaban J connectivity index is 2.26. The maximum absolute atomic E-state index is 12.0. The molecule has 1 atom stereocenters. The molecule has 1 amide bonds. The number of benzene rings is 2. The molecular weight excluding hydrogens is 338 g/mol. The molecule has 2 aromatic carbocycles. The highest BCUT2D eigenvalue weighted by Crippen LogP contribution is 2.32. The fourth-order valence-corrected chi connectivity index (χ4v) is 2.86. The average Bonchev–Trinajstić information content (AvgIpc) is 2.54. The normalized spacial score (nSPS) is 12.0. The van der Waals surface area contributed by atoms with E-state index in [0.29, 0.717) is 6.42 Å². The van der Waals surface area contributed by atoms with Crippen LogP contribution in [0.3, 0.4) is 0 Å². The van der Waals surface area contributed by atoms with Gasteiger partial charge in [0.1, 0.15) is 0 Å². The molecule has 0 fully saturated rings. The van der Waals surface area contributed by atoms with Crippen LogP contribution < -0.4 is 5.32 Å². The summed E-state index contributed by atoms with van der Waals surface area (Å²) >= 11 is 3.53. The number of carbonyl (C=O) groups excluding carboxylic acids is 1. The van der Waals surface area contributed by atoms with Crippen molar-refractivity contribution in [1.29, 1.82) is 0 Å². The van der Waals surface area contributed by atoms with Gasteiger partial charge in [0.05, 0.1) is 0 Å². The van der Waals surface area contributed by atoms with Crippen molar-refractivity contribution in [3.8, 4) is 0 Å². The number of anilines is 1. The summed E-state index contributed by atoms with van der Waals surface area (Å²) in [6, 6.07) is 16.4. The van der Waals surface area contributed by atoms with Crippen molar-refractivity contribution in [3.05, 3.63) is 64.1 Å². The highest BCUT2D eigenvalue weighted by Gasteiger charge is 2.14. The molecule has 22 heavy (non-hydrogen) atoms. The van der Waals surface area contributed by atoms with Crippen LogP contribution in [0, 0.1) is 0 Å². The number of carbonyl (C=O) groups is 1.